The van der Waals surface area contributed by atoms with E-state index < -0.39 is 0 Å². The van der Waals surface area contributed by atoms with Gasteiger partial charge in [-0.2, -0.15) is 0 Å². The number of methoxy groups -OCH3 is 1. The molecule has 19 heavy (non-hydrogen) atoms. The molecule has 0 heterocycles. The van der Waals surface area contributed by atoms with Crippen molar-refractivity contribution in [2.75, 3.05) is 41.3 Å². The molecule has 1 rings (SSSR count). The van der Waals surface area contributed by atoms with E-state index in [1.165, 1.54) is 5.56 Å². The fraction of sp³-hybridized carbons (Fsp3) is 0.500. The first-order valence-electron chi connectivity index (χ1n) is 6.24. The normalized spacial score (nSPS) is 11.1. The van der Waals surface area contributed by atoms with Crippen LogP contribution in [0.2, 0.25) is 0 Å². The topological polar surface area (TPSA) is 41.7 Å². The highest BCUT2D eigenvalue weighted by atomic mass is 32.1. The van der Waals surface area contributed by atoms with Crippen LogP contribution in [0.3, 0.4) is 0 Å². The van der Waals surface area contributed by atoms with Gasteiger partial charge in [0.2, 0.25) is 0 Å². The molecule has 0 unspecified atom stereocenters. The summed E-state index contributed by atoms with van der Waals surface area (Å²) in [4.78, 5) is 4.81. The van der Waals surface area contributed by atoms with Crippen LogP contribution in [0.25, 0.3) is 0 Å². The predicted octanol–water partition coefficient (Wildman–Crippen LogP) is 1.32. The van der Waals surface area contributed by atoms with Crippen LogP contribution in [0, 0.1) is 0 Å². The van der Waals surface area contributed by atoms with E-state index in [0.717, 1.165) is 30.9 Å². The molecule has 1 aromatic rings. The average Bonchev–Trinajstić information content (AvgIpc) is 2.35. The molecule has 0 saturated carbocycles. The minimum absolute atomic E-state index is 0.365. The molecule has 0 aliphatic rings. The minimum Gasteiger partial charge on any atom is -0.496 e. The maximum atomic E-state index is 5.66. The molecular formula is C14H23N3OS. The summed E-state index contributed by atoms with van der Waals surface area (Å²) in [5, 5.41) is 0. The molecule has 0 aromatic heterocycles. The SMILES string of the molecule is COc1cc(CN(C)CCN(C)C)ccc1C(N)=S. The smallest absolute Gasteiger partial charge is 0.129 e. The van der Waals surface area contributed by atoms with Crippen molar-refractivity contribution in [1.29, 1.82) is 0 Å². The minimum atomic E-state index is 0.365. The van der Waals surface area contributed by atoms with Gasteiger partial charge in [-0.1, -0.05) is 18.3 Å². The summed E-state index contributed by atoms with van der Waals surface area (Å²) >= 11 is 5.00. The number of nitrogens with zero attached hydrogens (tertiary/aromatic N) is 2. The average molecular weight is 281 g/mol. The molecule has 2 N–H and O–H groups in total. The molecule has 0 bridgehead atoms. The third-order valence-electron chi connectivity index (χ3n) is 2.91. The molecule has 0 radical (unpaired) electrons. The first-order valence-corrected chi connectivity index (χ1v) is 6.65. The van der Waals surface area contributed by atoms with Gasteiger partial charge in [0, 0.05) is 19.6 Å². The zero-order valence-electron chi connectivity index (χ0n) is 12.1. The van der Waals surface area contributed by atoms with Crippen molar-refractivity contribution in [3.05, 3.63) is 29.3 Å². The Bertz CT molecular complexity index is 435. The number of thiocarbonyl (C=S) groups is 1. The number of hydrogen-bond acceptors (Lipinski definition) is 4. The zero-order valence-corrected chi connectivity index (χ0v) is 13.0. The van der Waals surface area contributed by atoms with E-state index in [1.807, 2.05) is 18.2 Å². The lowest BCUT2D eigenvalue weighted by atomic mass is 10.1. The monoisotopic (exact) mass is 281 g/mol. The molecule has 0 saturated heterocycles. The molecule has 0 aliphatic heterocycles. The molecule has 1 aromatic carbocycles. The summed E-state index contributed by atoms with van der Waals surface area (Å²) < 4.78 is 5.33. The first-order chi connectivity index (χ1) is 8.93. The quantitative estimate of drug-likeness (QED) is 0.764. The van der Waals surface area contributed by atoms with Gasteiger partial charge < -0.3 is 20.3 Å². The van der Waals surface area contributed by atoms with E-state index in [0.29, 0.717) is 4.99 Å². The van der Waals surface area contributed by atoms with Crippen LogP contribution in [-0.2, 0) is 6.54 Å². The highest BCUT2D eigenvalue weighted by Crippen LogP contribution is 2.20. The van der Waals surface area contributed by atoms with E-state index in [4.69, 9.17) is 22.7 Å². The molecule has 5 heteroatoms. The Morgan fingerprint density at radius 1 is 1.26 bits per heavy atom. The van der Waals surface area contributed by atoms with Crippen LogP contribution in [0.1, 0.15) is 11.1 Å². The Labute approximate surface area is 121 Å². The maximum Gasteiger partial charge on any atom is 0.129 e. The number of benzene rings is 1. The molecule has 0 amide bonds. The van der Waals surface area contributed by atoms with Crippen LogP contribution >= 0.6 is 12.2 Å². The fourth-order valence-corrected chi connectivity index (χ4v) is 1.97. The Balaban J connectivity index is 2.71. The second kappa shape index (κ2) is 7.43. The summed E-state index contributed by atoms with van der Waals surface area (Å²) in [6.07, 6.45) is 0. The van der Waals surface area contributed by atoms with Gasteiger partial charge in [-0.3, -0.25) is 0 Å². The van der Waals surface area contributed by atoms with Gasteiger partial charge in [-0.05, 0) is 38.8 Å². The Hall–Kier alpha value is -1.17. The van der Waals surface area contributed by atoms with Gasteiger partial charge >= 0.3 is 0 Å². The van der Waals surface area contributed by atoms with Gasteiger partial charge in [-0.15, -0.1) is 0 Å². The van der Waals surface area contributed by atoms with Crippen LogP contribution in [0.4, 0.5) is 0 Å². The maximum absolute atomic E-state index is 5.66. The number of ether oxygens (including phenoxy) is 1. The summed E-state index contributed by atoms with van der Waals surface area (Å²) in [6.45, 7) is 2.94. The number of nitrogens with two attached hydrogens (primary N) is 1. The van der Waals surface area contributed by atoms with Gasteiger partial charge in [0.05, 0.1) is 12.7 Å². The lowest BCUT2D eigenvalue weighted by Gasteiger charge is -2.20. The van der Waals surface area contributed by atoms with E-state index in [1.54, 1.807) is 7.11 Å². The van der Waals surface area contributed by atoms with Crippen LogP contribution < -0.4 is 10.5 Å². The lowest BCUT2D eigenvalue weighted by Crippen LogP contribution is -2.28. The van der Waals surface area contributed by atoms with Crippen LogP contribution in [0.15, 0.2) is 18.2 Å². The number of rotatable bonds is 7. The molecule has 0 atom stereocenters. The van der Waals surface area contributed by atoms with Crippen molar-refractivity contribution >= 4 is 17.2 Å². The number of likely N-dealkylation sites (N-methyl/N-ethyl adjacent to an activating group) is 2. The summed E-state index contributed by atoms with van der Waals surface area (Å²) in [5.74, 6) is 0.742. The van der Waals surface area contributed by atoms with Crippen molar-refractivity contribution in [2.45, 2.75) is 6.54 Å². The second-order valence-electron chi connectivity index (χ2n) is 4.94. The van der Waals surface area contributed by atoms with E-state index >= 15 is 0 Å². The molecule has 0 spiro atoms. The molecule has 0 fully saturated rings. The first kappa shape index (κ1) is 15.9. The Morgan fingerprint density at radius 3 is 2.47 bits per heavy atom. The van der Waals surface area contributed by atoms with Gasteiger partial charge in [0.25, 0.3) is 0 Å². The third-order valence-corrected chi connectivity index (χ3v) is 3.13. The van der Waals surface area contributed by atoms with Gasteiger partial charge in [0.1, 0.15) is 10.7 Å². The fourth-order valence-electron chi connectivity index (χ4n) is 1.80. The molecule has 0 aliphatic carbocycles. The second-order valence-corrected chi connectivity index (χ2v) is 5.38. The van der Waals surface area contributed by atoms with Gasteiger partial charge in [-0.25, -0.2) is 0 Å². The van der Waals surface area contributed by atoms with Crippen LogP contribution in [0.5, 0.6) is 5.75 Å². The van der Waals surface area contributed by atoms with Gasteiger partial charge in [0.15, 0.2) is 0 Å². The van der Waals surface area contributed by atoms with E-state index in [-0.39, 0.29) is 0 Å². The highest BCUT2D eigenvalue weighted by molar-refractivity contribution is 7.80. The van der Waals surface area contributed by atoms with E-state index in [9.17, 15) is 0 Å². The molecular weight excluding hydrogens is 258 g/mol. The predicted molar refractivity (Wildman–Crippen MR) is 83.8 cm³/mol. The van der Waals surface area contributed by atoms with Crippen molar-refractivity contribution in [2.24, 2.45) is 5.73 Å². The Kier molecular flexibility index (Phi) is 6.21. The molecule has 4 nitrogen and oxygen atoms in total. The third kappa shape index (κ3) is 5.14. The highest BCUT2D eigenvalue weighted by Gasteiger charge is 2.08. The van der Waals surface area contributed by atoms with Crippen molar-refractivity contribution in [3.8, 4) is 5.75 Å². The lowest BCUT2D eigenvalue weighted by molar-refractivity contribution is 0.276. The molecule has 106 valence electrons. The van der Waals surface area contributed by atoms with Crippen molar-refractivity contribution in [1.82, 2.24) is 9.80 Å². The largest absolute Gasteiger partial charge is 0.496 e. The van der Waals surface area contributed by atoms with E-state index in [2.05, 4.69) is 30.9 Å². The standard InChI is InChI=1S/C14H23N3OS/c1-16(2)7-8-17(3)10-11-5-6-12(14(15)19)13(9-11)18-4/h5-6,9H,7-8,10H2,1-4H3,(H2,15,19). The summed E-state index contributed by atoms with van der Waals surface area (Å²) in [5.41, 5.74) is 7.64. The van der Waals surface area contributed by atoms with Crippen molar-refractivity contribution < 1.29 is 4.74 Å². The Morgan fingerprint density at radius 2 is 1.95 bits per heavy atom. The summed E-state index contributed by atoms with van der Waals surface area (Å²) in [7, 11) is 7.90. The zero-order chi connectivity index (χ0) is 14.4. The summed E-state index contributed by atoms with van der Waals surface area (Å²) in [6, 6.07) is 5.97. The van der Waals surface area contributed by atoms with Crippen molar-refractivity contribution in [3.63, 3.8) is 0 Å². The van der Waals surface area contributed by atoms with Crippen LogP contribution in [-0.4, -0.2) is 56.1 Å². The number of hydrogen-bond donors (Lipinski definition) is 1.